The quantitative estimate of drug-likeness (QED) is 0.788. The maximum absolute atomic E-state index is 13.6. The molecule has 1 aromatic carbocycles. The van der Waals surface area contributed by atoms with Gasteiger partial charge in [0, 0.05) is 13.1 Å². The molecule has 0 spiro atoms. The summed E-state index contributed by atoms with van der Waals surface area (Å²) in [5, 5.41) is 9.17. The molecular formula is C14H13F3N2OS. The molecule has 1 fully saturated rings. The minimum Gasteiger partial charge on any atom is -0.338 e. The van der Waals surface area contributed by atoms with Crippen LogP contribution in [0.25, 0.3) is 0 Å². The Morgan fingerprint density at radius 3 is 2.43 bits per heavy atom. The molecule has 7 heteroatoms. The molecule has 1 aromatic rings. The zero-order valence-corrected chi connectivity index (χ0v) is 12.1. The Morgan fingerprint density at radius 2 is 1.90 bits per heavy atom. The van der Waals surface area contributed by atoms with E-state index in [2.05, 4.69) is 6.07 Å². The van der Waals surface area contributed by atoms with Crippen LogP contribution in [-0.4, -0.2) is 34.9 Å². The van der Waals surface area contributed by atoms with E-state index in [1.807, 2.05) is 6.26 Å². The van der Waals surface area contributed by atoms with Crippen LogP contribution in [0.1, 0.15) is 23.2 Å². The van der Waals surface area contributed by atoms with E-state index in [4.69, 9.17) is 5.26 Å². The normalized spacial score (nSPS) is 17.4. The molecular weight excluding hydrogens is 301 g/mol. The number of thioether (sulfide) groups is 1. The smallest absolute Gasteiger partial charge is 0.256 e. The van der Waals surface area contributed by atoms with Crippen molar-refractivity contribution in [3.05, 3.63) is 35.1 Å². The number of carbonyl (C=O) groups excluding carboxylic acids is 1. The van der Waals surface area contributed by atoms with Gasteiger partial charge < -0.3 is 4.90 Å². The third-order valence-corrected chi connectivity index (χ3v) is 5.00. The molecule has 21 heavy (non-hydrogen) atoms. The van der Waals surface area contributed by atoms with Gasteiger partial charge in [-0.3, -0.25) is 4.79 Å². The van der Waals surface area contributed by atoms with Gasteiger partial charge in [-0.25, -0.2) is 13.2 Å². The minimum atomic E-state index is -1.65. The molecule has 0 aromatic heterocycles. The van der Waals surface area contributed by atoms with Crippen LogP contribution in [0.4, 0.5) is 13.2 Å². The monoisotopic (exact) mass is 314 g/mol. The Bertz CT molecular complexity index is 607. The lowest BCUT2D eigenvalue weighted by molar-refractivity contribution is 0.0710. The fourth-order valence-electron chi connectivity index (χ4n) is 2.29. The fourth-order valence-corrected chi connectivity index (χ4v) is 2.98. The summed E-state index contributed by atoms with van der Waals surface area (Å²) in [5.41, 5.74) is -0.484. The zero-order valence-electron chi connectivity index (χ0n) is 11.3. The summed E-state index contributed by atoms with van der Waals surface area (Å²) in [6.45, 7) is 0.567. The van der Waals surface area contributed by atoms with E-state index < -0.39 is 33.7 Å². The topological polar surface area (TPSA) is 44.1 Å². The van der Waals surface area contributed by atoms with Gasteiger partial charge in [-0.1, -0.05) is 0 Å². The number of amides is 1. The summed E-state index contributed by atoms with van der Waals surface area (Å²) in [7, 11) is 0. The summed E-state index contributed by atoms with van der Waals surface area (Å²) in [5.74, 6) is -5.12. The first-order chi connectivity index (χ1) is 9.94. The number of hydrogen-bond acceptors (Lipinski definition) is 3. The highest BCUT2D eigenvalue weighted by atomic mass is 32.2. The number of piperidine rings is 1. The van der Waals surface area contributed by atoms with Gasteiger partial charge in [-0.15, -0.1) is 11.8 Å². The Balaban J connectivity index is 2.17. The van der Waals surface area contributed by atoms with Crippen molar-refractivity contribution in [2.75, 3.05) is 19.3 Å². The largest absolute Gasteiger partial charge is 0.338 e. The average molecular weight is 314 g/mol. The van der Waals surface area contributed by atoms with E-state index in [0.717, 1.165) is 12.1 Å². The summed E-state index contributed by atoms with van der Waals surface area (Å²) in [4.78, 5) is 13.5. The summed E-state index contributed by atoms with van der Waals surface area (Å²) < 4.78 is 39.2. The molecule has 1 amide bonds. The number of halogens is 3. The first-order valence-electron chi connectivity index (χ1n) is 6.33. The number of benzene rings is 1. The maximum Gasteiger partial charge on any atom is 0.256 e. The number of likely N-dealkylation sites (tertiary alicyclic amines) is 1. The van der Waals surface area contributed by atoms with Gasteiger partial charge in [0.05, 0.1) is 11.6 Å². The van der Waals surface area contributed by atoms with Gasteiger partial charge >= 0.3 is 0 Å². The second-order valence-electron chi connectivity index (χ2n) is 4.83. The molecule has 3 nitrogen and oxygen atoms in total. The van der Waals surface area contributed by atoms with E-state index in [1.54, 1.807) is 0 Å². The maximum atomic E-state index is 13.6. The Hall–Kier alpha value is -1.68. The van der Waals surface area contributed by atoms with Gasteiger partial charge in [0.2, 0.25) is 0 Å². The molecule has 0 saturated carbocycles. The van der Waals surface area contributed by atoms with Crippen LogP contribution in [0.15, 0.2) is 12.1 Å². The number of carbonyl (C=O) groups is 1. The van der Waals surface area contributed by atoms with E-state index in [-0.39, 0.29) is 13.1 Å². The van der Waals surface area contributed by atoms with Crippen LogP contribution in [0.2, 0.25) is 0 Å². The molecule has 0 unspecified atom stereocenters. The van der Waals surface area contributed by atoms with Crippen LogP contribution in [0, 0.1) is 28.8 Å². The number of hydrogen-bond donors (Lipinski definition) is 0. The van der Waals surface area contributed by atoms with Crippen LogP contribution in [0.5, 0.6) is 0 Å². The van der Waals surface area contributed by atoms with Gasteiger partial charge in [0.15, 0.2) is 17.5 Å². The second-order valence-corrected chi connectivity index (χ2v) is 6.02. The van der Waals surface area contributed by atoms with Crippen molar-refractivity contribution in [2.45, 2.75) is 17.6 Å². The molecule has 0 radical (unpaired) electrons. The van der Waals surface area contributed by atoms with Gasteiger partial charge in [0.25, 0.3) is 5.91 Å². The van der Waals surface area contributed by atoms with Crippen molar-refractivity contribution in [3.63, 3.8) is 0 Å². The van der Waals surface area contributed by atoms with Crippen LogP contribution < -0.4 is 0 Å². The fraction of sp³-hybridized carbons (Fsp3) is 0.429. The van der Waals surface area contributed by atoms with Crippen molar-refractivity contribution in [1.82, 2.24) is 4.90 Å². The number of nitrogens with zero attached hydrogens (tertiary/aromatic N) is 2. The van der Waals surface area contributed by atoms with E-state index >= 15 is 0 Å². The molecule has 2 rings (SSSR count). The van der Waals surface area contributed by atoms with Gasteiger partial charge in [-0.05, 0) is 31.2 Å². The van der Waals surface area contributed by atoms with Gasteiger partial charge in [-0.2, -0.15) is 5.26 Å². The van der Waals surface area contributed by atoms with E-state index in [1.165, 1.54) is 16.7 Å². The van der Waals surface area contributed by atoms with Crippen LogP contribution in [-0.2, 0) is 0 Å². The second kappa shape index (κ2) is 5.98. The Labute approximate surface area is 124 Å². The van der Waals surface area contributed by atoms with E-state index in [0.29, 0.717) is 12.8 Å². The number of nitriles is 1. The third kappa shape index (κ3) is 2.86. The van der Waals surface area contributed by atoms with Crippen molar-refractivity contribution in [1.29, 1.82) is 5.26 Å². The summed E-state index contributed by atoms with van der Waals surface area (Å²) in [6, 6.07) is 3.91. The van der Waals surface area contributed by atoms with Crippen LogP contribution in [0.3, 0.4) is 0 Å². The van der Waals surface area contributed by atoms with Gasteiger partial charge in [0.1, 0.15) is 4.75 Å². The molecule has 0 N–H and O–H groups in total. The molecule has 1 saturated heterocycles. The number of rotatable bonds is 2. The highest BCUT2D eigenvalue weighted by molar-refractivity contribution is 8.00. The molecule has 0 atom stereocenters. The SMILES string of the molecule is CSC1(C#N)CCN(C(=O)c2ccc(F)c(F)c2F)CC1. The molecule has 112 valence electrons. The standard InChI is InChI=1S/C14H13F3N2OS/c1-21-14(8-18)4-6-19(7-5-14)13(20)9-2-3-10(15)12(17)11(9)16/h2-3H,4-7H2,1H3. The lowest BCUT2D eigenvalue weighted by Crippen LogP contribution is -2.44. The third-order valence-electron chi connectivity index (χ3n) is 3.72. The molecule has 1 heterocycles. The molecule has 1 aliphatic rings. The summed E-state index contributed by atoms with van der Waals surface area (Å²) >= 11 is 1.43. The Morgan fingerprint density at radius 1 is 1.29 bits per heavy atom. The summed E-state index contributed by atoms with van der Waals surface area (Å²) in [6.07, 6.45) is 2.75. The van der Waals surface area contributed by atoms with Crippen LogP contribution >= 0.6 is 11.8 Å². The Kier molecular flexibility index (Phi) is 4.47. The zero-order chi connectivity index (χ0) is 15.6. The van der Waals surface area contributed by atoms with Crippen molar-refractivity contribution >= 4 is 17.7 Å². The predicted octanol–water partition coefficient (Wildman–Crippen LogP) is 2.97. The van der Waals surface area contributed by atoms with Crippen molar-refractivity contribution < 1.29 is 18.0 Å². The lowest BCUT2D eigenvalue weighted by atomic mass is 9.96. The minimum absolute atomic E-state index is 0.283. The highest BCUT2D eigenvalue weighted by Crippen LogP contribution is 2.34. The first kappa shape index (κ1) is 15.7. The molecule has 1 aliphatic heterocycles. The predicted molar refractivity (Wildman–Crippen MR) is 73.3 cm³/mol. The highest BCUT2D eigenvalue weighted by Gasteiger charge is 2.36. The average Bonchev–Trinajstić information content (AvgIpc) is 2.52. The van der Waals surface area contributed by atoms with E-state index in [9.17, 15) is 18.0 Å². The van der Waals surface area contributed by atoms with Crippen molar-refractivity contribution in [3.8, 4) is 6.07 Å². The molecule has 0 bridgehead atoms. The lowest BCUT2D eigenvalue weighted by Gasteiger charge is -2.36. The first-order valence-corrected chi connectivity index (χ1v) is 7.56. The van der Waals surface area contributed by atoms with Crippen molar-refractivity contribution in [2.24, 2.45) is 0 Å². The molecule has 0 aliphatic carbocycles.